The van der Waals surface area contributed by atoms with E-state index in [1.54, 1.807) is 0 Å². The van der Waals surface area contributed by atoms with Crippen LogP contribution in [0.3, 0.4) is 0 Å². The van der Waals surface area contributed by atoms with E-state index in [0.29, 0.717) is 0 Å². The smallest absolute Gasteiger partial charge is 0.244 e. The third-order valence-electron chi connectivity index (χ3n) is 13.4. The highest BCUT2D eigenvalue weighted by atomic mass is 16.5. The van der Waals surface area contributed by atoms with Crippen LogP contribution in [0, 0.1) is 6.33 Å². The second-order valence-corrected chi connectivity index (χ2v) is 20.3. The van der Waals surface area contributed by atoms with Gasteiger partial charge in [0.05, 0.1) is 40.2 Å². The van der Waals surface area contributed by atoms with Crippen molar-refractivity contribution in [2.75, 3.05) is 0 Å². The molecule has 5 nitrogen and oxygen atoms in total. The maximum absolute atomic E-state index is 6.96. The van der Waals surface area contributed by atoms with Crippen LogP contribution in [0.1, 0.15) is 101 Å². The average Bonchev–Trinajstić information content (AvgIpc) is 3.85. The zero-order valence-electron chi connectivity index (χ0n) is 36.9. The number of hydrogen-bond acceptors (Lipinski definition) is 2. The van der Waals surface area contributed by atoms with E-state index in [4.69, 9.17) is 9.72 Å². The van der Waals surface area contributed by atoms with Gasteiger partial charge in [-0.3, -0.25) is 4.57 Å². The number of rotatable bonds is 3. The van der Waals surface area contributed by atoms with E-state index in [9.17, 15) is 0 Å². The topological polar surface area (TPSA) is 35.9 Å². The minimum atomic E-state index is -0.612. The van der Waals surface area contributed by atoms with Gasteiger partial charge in [-0.15, -0.1) is 0 Å². The molecule has 1 aliphatic heterocycles. The largest absolute Gasteiger partial charge is 0.458 e. The van der Waals surface area contributed by atoms with E-state index < -0.39 is 5.41 Å². The van der Waals surface area contributed by atoms with Crippen molar-refractivity contribution in [2.24, 2.45) is 7.05 Å². The van der Waals surface area contributed by atoms with E-state index >= 15 is 0 Å². The summed E-state index contributed by atoms with van der Waals surface area (Å²) in [4.78, 5) is 4.76. The first-order valence-electron chi connectivity index (χ1n) is 21.6. The molecule has 0 saturated heterocycles. The Bertz CT molecular complexity index is 3290. The molecule has 6 aromatic carbocycles. The summed E-state index contributed by atoms with van der Waals surface area (Å²) in [6.07, 6.45) is 5.60. The van der Waals surface area contributed by atoms with E-state index in [1.807, 2.05) is 18.3 Å². The number of ether oxygens (including phenoxy) is 1. The van der Waals surface area contributed by atoms with Crippen molar-refractivity contribution in [3.63, 3.8) is 0 Å². The van der Waals surface area contributed by atoms with Gasteiger partial charge in [-0.2, -0.15) is 0 Å². The molecule has 2 aliphatic rings. The highest BCUT2D eigenvalue weighted by Crippen LogP contribution is 2.64. The first-order valence-corrected chi connectivity index (χ1v) is 21.6. The monoisotopic (exact) mass is 796 g/mol. The lowest BCUT2D eigenvalue weighted by molar-refractivity contribution is -0.649. The van der Waals surface area contributed by atoms with Gasteiger partial charge in [0.1, 0.15) is 17.3 Å². The normalized spacial score (nSPS) is 15.8. The van der Waals surface area contributed by atoms with Crippen LogP contribution in [0.2, 0.25) is 0 Å². The highest BCUT2D eigenvalue weighted by Gasteiger charge is 2.54. The fourth-order valence-electron chi connectivity index (χ4n) is 10.6. The first kappa shape index (κ1) is 37.5. The van der Waals surface area contributed by atoms with Crippen molar-refractivity contribution in [3.8, 4) is 34.1 Å². The van der Waals surface area contributed by atoms with Gasteiger partial charge in [0.2, 0.25) is 6.33 Å². The second kappa shape index (κ2) is 12.5. The molecule has 0 amide bonds. The molecule has 0 bridgehead atoms. The minimum absolute atomic E-state index is 0.0320. The standard InChI is InChI=1S/C56H52N4O/c1-53(2,3)34-29-40-39-18-15-19-42(54(4,5)6)50(39)56(51(40)44(30-34)55(7,8)9)41-27-25-36(32-48(41)59-33-58(10)46-22-16-20-43(56)52(46)59)61-35-24-26-38-37-17-11-12-21-45(37)60(47(38)31-35)49-23-13-14-28-57-49/h11-32H,1-10H3. The summed E-state index contributed by atoms with van der Waals surface area (Å²) >= 11 is 0. The Balaban J connectivity index is 1.20. The van der Waals surface area contributed by atoms with Crippen molar-refractivity contribution in [1.29, 1.82) is 0 Å². The number of benzene rings is 6. The van der Waals surface area contributed by atoms with Crippen LogP contribution in [0.15, 0.2) is 134 Å². The molecule has 1 unspecified atom stereocenters. The lowest BCUT2D eigenvalue weighted by Crippen LogP contribution is -2.37. The predicted octanol–water partition coefficient (Wildman–Crippen LogP) is 13.1. The lowest BCUT2D eigenvalue weighted by atomic mass is 9.60. The number of pyridine rings is 1. The molecule has 4 heterocycles. The number of para-hydroxylation sites is 2. The van der Waals surface area contributed by atoms with Crippen molar-refractivity contribution in [2.45, 2.75) is 84.0 Å². The number of imidazole rings is 1. The number of hydrogen-bond donors (Lipinski definition) is 0. The molecule has 5 heteroatoms. The van der Waals surface area contributed by atoms with Crippen LogP contribution in [0.25, 0.3) is 55.5 Å². The van der Waals surface area contributed by atoms with Gasteiger partial charge in [-0.1, -0.05) is 141 Å². The van der Waals surface area contributed by atoms with Gasteiger partial charge in [-0.25, -0.2) is 4.98 Å². The molecule has 9 aromatic rings. The zero-order valence-corrected chi connectivity index (χ0v) is 36.9. The summed E-state index contributed by atoms with van der Waals surface area (Å²) in [7, 11) is 2.11. The minimum Gasteiger partial charge on any atom is -0.458 e. The Morgan fingerprint density at radius 2 is 1.30 bits per heavy atom. The van der Waals surface area contributed by atoms with Crippen LogP contribution < -0.4 is 9.30 Å². The molecule has 0 saturated carbocycles. The summed E-state index contributed by atoms with van der Waals surface area (Å²) in [6, 6.07) is 46.8. The molecule has 1 spiro atoms. The maximum atomic E-state index is 6.96. The third-order valence-corrected chi connectivity index (χ3v) is 13.4. The molecular formula is C56H52N4O. The Kier molecular flexibility index (Phi) is 7.72. The van der Waals surface area contributed by atoms with Gasteiger partial charge in [0.15, 0.2) is 0 Å². The molecule has 3 aromatic heterocycles. The molecule has 0 N–H and O–H groups in total. The summed E-state index contributed by atoms with van der Waals surface area (Å²) in [5.74, 6) is 2.41. The maximum Gasteiger partial charge on any atom is 0.244 e. The Labute approximate surface area is 358 Å². The summed E-state index contributed by atoms with van der Waals surface area (Å²) in [5.41, 5.74) is 16.7. The van der Waals surface area contributed by atoms with Gasteiger partial charge in [0.25, 0.3) is 0 Å². The fourth-order valence-corrected chi connectivity index (χ4v) is 10.6. The van der Waals surface area contributed by atoms with Gasteiger partial charge < -0.3 is 13.9 Å². The SMILES string of the molecule is C[n+]1[c-]n2c3c(cccc31)C1(c3ccc(Oc4ccc5c6ccccc6n(-c6ccccn6)c5c4)cc3-2)c2c(cccc2C(C)(C)C)-c2cc(C(C)(C)C)cc(C(C)(C)C)c21. The van der Waals surface area contributed by atoms with Gasteiger partial charge in [0, 0.05) is 23.0 Å². The zero-order chi connectivity index (χ0) is 42.4. The van der Waals surface area contributed by atoms with Crippen LogP contribution in [0.4, 0.5) is 0 Å². The molecule has 11 rings (SSSR count). The van der Waals surface area contributed by atoms with Crippen molar-refractivity contribution >= 4 is 32.8 Å². The predicted molar refractivity (Wildman–Crippen MR) is 249 cm³/mol. The number of aromatic nitrogens is 4. The Morgan fingerprint density at radius 3 is 2.05 bits per heavy atom. The number of aryl methyl sites for hydroxylation is 1. The molecule has 1 atom stereocenters. The summed E-state index contributed by atoms with van der Waals surface area (Å²) < 4.78 is 13.6. The van der Waals surface area contributed by atoms with Gasteiger partial charge >= 0.3 is 0 Å². The molecule has 1 aliphatic carbocycles. The van der Waals surface area contributed by atoms with E-state index in [1.165, 1.54) is 61.0 Å². The second-order valence-electron chi connectivity index (χ2n) is 20.3. The quantitative estimate of drug-likeness (QED) is 0.132. The Hall–Kier alpha value is -6.46. The molecule has 302 valence electrons. The molecule has 0 fully saturated rings. The van der Waals surface area contributed by atoms with E-state index in [-0.39, 0.29) is 16.2 Å². The molecular weight excluding hydrogens is 745 g/mol. The third kappa shape index (κ3) is 5.25. The van der Waals surface area contributed by atoms with Crippen LogP contribution in [-0.2, 0) is 28.7 Å². The van der Waals surface area contributed by atoms with Crippen molar-refractivity contribution in [1.82, 2.24) is 14.1 Å². The number of fused-ring (bicyclic) bond motifs is 12. The van der Waals surface area contributed by atoms with E-state index in [2.05, 4.69) is 205 Å². The fraction of sp³-hybridized carbons (Fsp3) is 0.250. The van der Waals surface area contributed by atoms with Crippen LogP contribution in [0.5, 0.6) is 11.5 Å². The first-order chi connectivity index (χ1) is 29.1. The van der Waals surface area contributed by atoms with Crippen LogP contribution >= 0.6 is 0 Å². The highest BCUT2D eigenvalue weighted by molar-refractivity contribution is 6.09. The summed E-state index contributed by atoms with van der Waals surface area (Å²) in [5, 5.41) is 2.34. The Morgan fingerprint density at radius 1 is 0.590 bits per heavy atom. The average molecular weight is 797 g/mol. The molecule has 61 heavy (non-hydrogen) atoms. The van der Waals surface area contributed by atoms with Crippen molar-refractivity contribution < 1.29 is 9.30 Å². The summed E-state index contributed by atoms with van der Waals surface area (Å²) in [6.45, 7) is 21.3. The van der Waals surface area contributed by atoms with E-state index in [0.717, 1.165) is 44.9 Å². The lowest BCUT2D eigenvalue weighted by Gasteiger charge is -2.44. The van der Waals surface area contributed by atoms with Crippen LogP contribution in [-0.4, -0.2) is 14.1 Å². The van der Waals surface area contributed by atoms with Crippen molar-refractivity contribution in [3.05, 3.63) is 179 Å². The molecule has 0 radical (unpaired) electrons. The number of nitrogens with zero attached hydrogens (tertiary/aromatic N) is 4. The van der Waals surface area contributed by atoms with Gasteiger partial charge in [-0.05, 0) is 109 Å².